The van der Waals surface area contributed by atoms with E-state index in [0.717, 1.165) is 12.1 Å². The van der Waals surface area contributed by atoms with Crippen molar-refractivity contribution in [2.24, 2.45) is 0 Å². The van der Waals surface area contributed by atoms with Crippen molar-refractivity contribution in [3.05, 3.63) is 73.8 Å². The molecule has 0 heterocycles. The van der Waals surface area contributed by atoms with Gasteiger partial charge in [-0.3, -0.25) is 25.0 Å². The van der Waals surface area contributed by atoms with Gasteiger partial charge in [-0.1, -0.05) is 12.1 Å². The number of anilines is 1. The molecule has 0 aromatic heterocycles. The van der Waals surface area contributed by atoms with E-state index in [1.807, 2.05) is 0 Å². The third-order valence-electron chi connectivity index (χ3n) is 2.84. The van der Waals surface area contributed by atoms with E-state index in [1.54, 1.807) is 0 Å². The molecule has 106 valence electrons. The van der Waals surface area contributed by atoms with Crippen molar-refractivity contribution in [3.8, 4) is 0 Å². The molecule has 0 radical (unpaired) electrons. The SMILES string of the molecule is Nc1ccc([N+](=O)[O-])cc1C(=O)c1ccccc1[N+](=O)[O-]. The summed E-state index contributed by atoms with van der Waals surface area (Å²) in [5.41, 5.74) is 4.65. The summed E-state index contributed by atoms with van der Waals surface area (Å²) in [6.07, 6.45) is 0. The molecule has 0 amide bonds. The van der Waals surface area contributed by atoms with Gasteiger partial charge in [0.2, 0.25) is 5.78 Å². The van der Waals surface area contributed by atoms with Crippen LogP contribution >= 0.6 is 0 Å². The maximum Gasteiger partial charge on any atom is 0.280 e. The van der Waals surface area contributed by atoms with Gasteiger partial charge < -0.3 is 5.73 Å². The van der Waals surface area contributed by atoms with Crippen molar-refractivity contribution < 1.29 is 14.6 Å². The number of rotatable bonds is 4. The van der Waals surface area contributed by atoms with E-state index in [2.05, 4.69) is 0 Å². The van der Waals surface area contributed by atoms with Crippen molar-refractivity contribution in [2.75, 3.05) is 5.73 Å². The Hall–Kier alpha value is -3.29. The third-order valence-corrected chi connectivity index (χ3v) is 2.84. The summed E-state index contributed by atoms with van der Waals surface area (Å²) in [7, 11) is 0. The molecule has 2 N–H and O–H groups in total. The van der Waals surface area contributed by atoms with Crippen LogP contribution in [0.2, 0.25) is 0 Å². The van der Waals surface area contributed by atoms with Gasteiger partial charge in [0, 0.05) is 23.9 Å². The lowest BCUT2D eigenvalue weighted by Crippen LogP contribution is -2.08. The smallest absolute Gasteiger partial charge is 0.280 e. The van der Waals surface area contributed by atoms with Gasteiger partial charge in [-0.15, -0.1) is 0 Å². The molecule has 0 saturated heterocycles. The lowest BCUT2D eigenvalue weighted by atomic mass is 10.00. The highest BCUT2D eigenvalue weighted by Crippen LogP contribution is 2.26. The van der Waals surface area contributed by atoms with Gasteiger partial charge in [-0.2, -0.15) is 0 Å². The first-order chi connectivity index (χ1) is 9.91. The normalized spacial score (nSPS) is 10.1. The van der Waals surface area contributed by atoms with Crippen LogP contribution < -0.4 is 5.73 Å². The van der Waals surface area contributed by atoms with E-state index >= 15 is 0 Å². The number of nitrogens with two attached hydrogens (primary N) is 1. The highest BCUT2D eigenvalue weighted by molar-refractivity contribution is 6.14. The fourth-order valence-electron chi connectivity index (χ4n) is 1.82. The molecule has 0 saturated carbocycles. The van der Waals surface area contributed by atoms with Crippen LogP contribution in [0.3, 0.4) is 0 Å². The fraction of sp³-hybridized carbons (Fsp3) is 0. The molecule has 0 aliphatic carbocycles. The molecular weight excluding hydrogens is 278 g/mol. The Morgan fingerprint density at radius 2 is 1.62 bits per heavy atom. The molecule has 0 unspecified atom stereocenters. The predicted octanol–water partition coefficient (Wildman–Crippen LogP) is 2.32. The van der Waals surface area contributed by atoms with Gasteiger partial charge >= 0.3 is 0 Å². The average Bonchev–Trinajstić information content (AvgIpc) is 2.46. The molecule has 0 spiro atoms. The van der Waals surface area contributed by atoms with Crippen LogP contribution in [0.4, 0.5) is 17.1 Å². The number of hydrogen-bond acceptors (Lipinski definition) is 6. The highest BCUT2D eigenvalue weighted by Gasteiger charge is 2.23. The second kappa shape index (κ2) is 5.37. The summed E-state index contributed by atoms with van der Waals surface area (Å²) in [4.78, 5) is 32.7. The molecule has 0 aliphatic rings. The summed E-state index contributed by atoms with van der Waals surface area (Å²) in [5, 5.41) is 21.7. The summed E-state index contributed by atoms with van der Waals surface area (Å²) >= 11 is 0. The Morgan fingerprint density at radius 1 is 0.952 bits per heavy atom. The molecular formula is C13H9N3O5. The molecule has 2 rings (SSSR count). The Kier molecular flexibility index (Phi) is 3.61. The standard InChI is InChI=1S/C13H9N3O5/c14-11-6-5-8(15(18)19)7-10(11)13(17)9-3-1-2-4-12(9)16(20)21/h1-7H,14H2. The van der Waals surface area contributed by atoms with Crippen molar-refractivity contribution in [2.45, 2.75) is 0 Å². The van der Waals surface area contributed by atoms with E-state index in [4.69, 9.17) is 5.73 Å². The zero-order valence-electron chi connectivity index (χ0n) is 10.6. The minimum Gasteiger partial charge on any atom is -0.398 e. The molecule has 0 atom stereocenters. The van der Waals surface area contributed by atoms with Crippen LogP contribution in [0.1, 0.15) is 15.9 Å². The minimum atomic E-state index is -0.733. The molecule has 8 nitrogen and oxygen atoms in total. The fourth-order valence-corrected chi connectivity index (χ4v) is 1.82. The molecule has 2 aromatic rings. The number of hydrogen-bond donors (Lipinski definition) is 1. The third kappa shape index (κ3) is 2.68. The summed E-state index contributed by atoms with van der Waals surface area (Å²) < 4.78 is 0. The highest BCUT2D eigenvalue weighted by atomic mass is 16.6. The van der Waals surface area contributed by atoms with Crippen molar-refractivity contribution in [1.29, 1.82) is 0 Å². The number of carbonyl (C=O) groups is 1. The second-order valence-corrected chi connectivity index (χ2v) is 4.13. The Bertz CT molecular complexity index is 757. The van der Waals surface area contributed by atoms with Crippen molar-refractivity contribution in [3.63, 3.8) is 0 Å². The number of nitrogens with zero attached hydrogens (tertiary/aromatic N) is 2. The number of carbonyl (C=O) groups excluding carboxylic acids is 1. The zero-order valence-corrected chi connectivity index (χ0v) is 10.6. The van der Waals surface area contributed by atoms with E-state index in [9.17, 15) is 25.0 Å². The number of nitrogen functional groups attached to an aromatic ring is 1. The van der Waals surface area contributed by atoms with E-state index in [0.29, 0.717) is 0 Å². The van der Waals surface area contributed by atoms with E-state index in [-0.39, 0.29) is 28.2 Å². The summed E-state index contributed by atoms with van der Waals surface area (Å²) in [5.74, 6) is -0.733. The number of ketones is 1. The Morgan fingerprint density at radius 3 is 2.24 bits per heavy atom. The van der Waals surface area contributed by atoms with Crippen LogP contribution in [-0.2, 0) is 0 Å². The van der Waals surface area contributed by atoms with Crippen LogP contribution in [0.15, 0.2) is 42.5 Å². The van der Waals surface area contributed by atoms with Gasteiger partial charge in [-0.05, 0) is 12.1 Å². The predicted molar refractivity (Wildman–Crippen MR) is 74.0 cm³/mol. The van der Waals surface area contributed by atoms with Crippen LogP contribution in [0.5, 0.6) is 0 Å². The van der Waals surface area contributed by atoms with Crippen molar-refractivity contribution in [1.82, 2.24) is 0 Å². The van der Waals surface area contributed by atoms with Gasteiger partial charge in [0.25, 0.3) is 11.4 Å². The van der Waals surface area contributed by atoms with Gasteiger partial charge in [0.05, 0.1) is 15.4 Å². The van der Waals surface area contributed by atoms with Gasteiger partial charge in [0.1, 0.15) is 5.56 Å². The zero-order chi connectivity index (χ0) is 15.6. The Labute approximate surface area is 118 Å². The first-order valence-electron chi connectivity index (χ1n) is 5.74. The number of benzene rings is 2. The summed E-state index contributed by atoms with van der Waals surface area (Å²) in [6.45, 7) is 0. The molecule has 2 aromatic carbocycles. The number of para-hydroxylation sites is 1. The van der Waals surface area contributed by atoms with E-state index < -0.39 is 15.6 Å². The molecule has 8 heteroatoms. The largest absolute Gasteiger partial charge is 0.398 e. The number of nitro groups is 2. The first kappa shape index (κ1) is 14.1. The quantitative estimate of drug-likeness (QED) is 0.397. The average molecular weight is 287 g/mol. The van der Waals surface area contributed by atoms with Crippen LogP contribution in [0.25, 0.3) is 0 Å². The first-order valence-corrected chi connectivity index (χ1v) is 5.74. The maximum absolute atomic E-state index is 12.4. The molecule has 0 bridgehead atoms. The summed E-state index contributed by atoms with van der Waals surface area (Å²) in [6, 6.07) is 8.74. The molecule has 21 heavy (non-hydrogen) atoms. The monoisotopic (exact) mass is 287 g/mol. The van der Waals surface area contributed by atoms with E-state index in [1.165, 1.54) is 30.3 Å². The second-order valence-electron chi connectivity index (χ2n) is 4.13. The number of non-ortho nitro benzene ring substituents is 1. The lowest BCUT2D eigenvalue weighted by molar-refractivity contribution is -0.385. The van der Waals surface area contributed by atoms with Crippen LogP contribution in [-0.4, -0.2) is 15.6 Å². The molecule has 0 aliphatic heterocycles. The maximum atomic E-state index is 12.4. The minimum absolute atomic E-state index is 0.0174. The van der Waals surface area contributed by atoms with Gasteiger partial charge in [0.15, 0.2) is 0 Å². The lowest BCUT2D eigenvalue weighted by Gasteiger charge is -2.05. The van der Waals surface area contributed by atoms with Crippen molar-refractivity contribution >= 4 is 22.8 Å². The van der Waals surface area contributed by atoms with Crippen LogP contribution in [0, 0.1) is 20.2 Å². The topological polar surface area (TPSA) is 129 Å². The Balaban J connectivity index is 2.58. The van der Waals surface area contributed by atoms with Gasteiger partial charge in [-0.25, -0.2) is 0 Å². The number of nitro benzene ring substituents is 2. The molecule has 0 fully saturated rings.